The third-order valence-electron chi connectivity index (χ3n) is 3.83. The SMILES string of the molecule is O=c1[nH]cnc2c1ncn2[C@H]1c2ccccc2C[C@H]1O. The number of fused-ring (bicyclic) bond motifs is 2. The molecule has 1 aromatic carbocycles. The van der Waals surface area contributed by atoms with Crippen molar-refractivity contribution in [2.75, 3.05) is 0 Å². The maximum Gasteiger partial charge on any atom is 0.278 e. The van der Waals surface area contributed by atoms with Gasteiger partial charge in [0.2, 0.25) is 0 Å². The van der Waals surface area contributed by atoms with Crippen molar-refractivity contribution in [3.63, 3.8) is 0 Å². The van der Waals surface area contributed by atoms with Crippen LogP contribution in [0, 0.1) is 0 Å². The van der Waals surface area contributed by atoms with E-state index >= 15 is 0 Å². The number of H-pyrrole nitrogens is 1. The van der Waals surface area contributed by atoms with Crippen molar-refractivity contribution >= 4 is 11.2 Å². The van der Waals surface area contributed by atoms with Gasteiger partial charge in [-0.25, -0.2) is 9.97 Å². The molecule has 2 aromatic heterocycles. The van der Waals surface area contributed by atoms with Crippen molar-refractivity contribution in [2.45, 2.75) is 18.6 Å². The maximum atomic E-state index is 11.7. The molecule has 100 valence electrons. The van der Waals surface area contributed by atoms with E-state index in [4.69, 9.17) is 0 Å². The summed E-state index contributed by atoms with van der Waals surface area (Å²) >= 11 is 0. The number of hydrogen-bond donors (Lipinski definition) is 2. The fraction of sp³-hybridized carbons (Fsp3) is 0.214. The summed E-state index contributed by atoms with van der Waals surface area (Å²) in [7, 11) is 0. The lowest BCUT2D eigenvalue weighted by atomic mass is 10.1. The first-order valence-electron chi connectivity index (χ1n) is 6.42. The van der Waals surface area contributed by atoms with Gasteiger partial charge in [-0.1, -0.05) is 24.3 Å². The van der Waals surface area contributed by atoms with Crippen molar-refractivity contribution < 1.29 is 5.11 Å². The highest BCUT2D eigenvalue weighted by molar-refractivity contribution is 5.69. The average Bonchev–Trinajstić information content (AvgIpc) is 2.99. The van der Waals surface area contributed by atoms with Gasteiger partial charge in [-0.3, -0.25) is 4.79 Å². The van der Waals surface area contributed by atoms with Crippen molar-refractivity contribution in [1.82, 2.24) is 19.5 Å². The van der Waals surface area contributed by atoms with Crippen LogP contribution < -0.4 is 5.56 Å². The summed E-state index contributed by atoms with van der Waals surface area (Å²) in [4.78, 5) is 22.5. The number of benzene rings is 1. The first-order valence-corrected chi connectivity index (χ1v) is 6.42. The van der Waals surface area contributed by atoms with E-state index in [0.717, 1.165) is 11.1 Å². The number of imidazole rings is 1. The van der Waals surface area contributed by atoms with Crippen LogP contribution in [0.1, 0.15) is 17.2 Å². The number of aromatic nitrogens is 4. The highest BCUT2D eigenvalue weighted by Gasteiger charge is 2.33. The Morgan fingerprint density at radius 1 is 1.30 bits per heavy atom. The van der Waals surface area contributed by atoms with Crippen molar-refractivity contribution in [2.24, 2.45) is 0 Å². The largest absolute Gasteiger partial charge is 0.390 e. The number of hydrogen-bond acceptors (Lipinski definition) is 4. The summed E-state index contributed by atoms with van der Waals surface area (Å²) < 4.78 is 1.78. The van der Waals surface area contributed by atoms with Gasteiger partial charge in [-0.05, 0) is 11.1 Å². The number of aromatic amines is 1. The Hall–Kier alpha value is -2.47. The number of rotatable bonds is 1. The van der Waals surface area contributed by atoms with Gasteiger partial charge in [0.25, 0.3) is 5.56 Å². The van der Waals surface area contributed by atoms with Crippen molar-refractivity contribution in [3.05, 3.63) is 58.4 Å². The smallest absolute Gasteiger partial charge is 0.278 e. The van der Waals surface area contributed by atoms with E-state index in [1.807, 2.05) is 24.3 Å². The quantitative estimate of drug-likeness (QED) is 0.678. The lowest BCUT2D eigenvalue weighted by molar-refractivity contribution is 0.145. The number of nitrogens with one attached hydrogen (secondary N) is 1. The first-order chi connectivity index (χ1) is 9.75. The summed E-state index contributed by atoms with van der Waals surface area (Å²) in [6, 6.07) is 7.67. The summed E-state index contributed by atoms with van der Waals surface area (Å²) in [6.07, 6.45) is 2.99. The van der Waals surface area contributed by atoms with Crippen LogP contribution in [0.15, 0.2) is 41.7 Å². The zero-order valence-electron chi connectivity index (χ0n) is 10.5. The Labute approximate surface area is 113 Å². The second-order valence-corrected chi connectivity index (χ2v) is 4.97. The summed E-state index contributed by atoms with van der Waals surface area (Å²) in [5.74, 6) is 0. The molecule has 0 spiro atoms. The molecule has 0 saturated carbocycles. The molecule has 2 N–H and O–H groups in total. The van der Waals surface area contributed by atoms with Crippen LogP contribution in [0.25, 0.3) is 11.2 Å². The summed E-state index contributed by atoms with van der Waals surface area (Å²) in [5, 5.41) is 10.3. The first kappa shape index (κ1) is 11.4. The summed E-state index contributed by atoms with van der Waals surface area (Å²) in [5.41, 5.74) is 2.70. The van der Waals surface area contributed by atoms with Crippen LogP contribution in [0.4, 0.5) is 0 Å². The van der Waals surface area contributed by atoms with Crippen LogP contribution in [0.3, 0.4) is 0 Å². The van der Waals surface area contributed by atoms with Crippen LogP contribution in [0.5, 0.6) is 0 Å². The Morgan fingerprint density at radius 3 is 3.05 bits per heavy atom. The molecule has 3 aromatic rings. The molecule has 0 bridgehead atoms. The topological polar surface area (TPSA) is 83.8 Å². The molecule has 0 aliphatic heterocycles. The minimum Gasteiger partial charge on any atom is -0.390 e. The van der Waals surface area contributed by atoms with E-state index in [9.17, 15) is 9.90 Å². The van der Waals surface area contributed by atoms with Gasteiger partial charge in [-0.2, -0.15) is 0 Å². The van der Waals surface area contributed by atoms with Crippen LogP contribution in [-0.4, -0.2) is 30.7 Å². The Kier molecular flexibility index (Phi) is 2.28. The van der Waals surface area contributed by atoms with E-state index in [-0.39, 0.29) is 11.6 Å². The van der Waals surface area contributed by atoms with E-state index < -0.39 is 6.10 Å². The number of nitrogens with zero attached hydrogens (tertiary/aromatic N) is 3. The molecule has 2 heterocycles. The van der Waals surface area contributed by atoms with Gasteiger partial charge in [0.05, 0.1) is 24.8 Å². The maximum absolute atomic E-state index is 11.7. The monoisotopic (exact) mass is 268 g/mol. The molecule has 6 nitrogen and oxygen atoms in total. The third kappa shape index (κ3) is 1.45. The molecular weight excluding hydrogens is 256 g/mol. The van der Waals surface area contributed by atoms with Crippen molar-refractivity contribution in [1.29, 1.82) is 0 Å². The lowest BCUT2D eigenvalue weighted by Crippen LogP contribution is -2.21. The molecule has 0 fully saturated rings. The molecule has 2 atom stereocenters. The van der Waals surface area contributed by atoms with Crippen molar-refractivity contribution in [3.8, 4) is 0 Å². The molecule has 1 aliphatic rings. The number of aliphatic hydroxyl groups is 1. The molecule has 4 rings (SSSR count). The predicted molar refractivity (Wildman–Crippen MR) is 72.4 cm³/mol. The van der Waals surface area contributed by atoms with Gasteiger partial charge in [0.15, 0.2) is 11.2 Å². The molecule has 0 amide bonds. The fourth-order valence-corrected chi connectivity index (χ4v) is 2.95. The minimum atomic E-state index is -0.536. The molecule has 0 radical (unpaired) electrons. The van der Waals surface area contributed by atoms with Crippen LogP contribution >= 0.6 is 0 Å². The molecule has 20 heavy (non-hydrogen) atoms. The zero-order chi connectivity index (χ0) is 13.7. The minimum absolute atomic E-state index is 0.245. The normalized spacial score (nSPS) is 21.2. The van der Waals surface area contributed by atoms with Crippen LogP contribution in [0.2, 0.25) is 0 Å². The van der Waals surface area contributed by atoms with E-state index in [0.29, 0.717) is 17.6 Å². The van der Waals surface area contributed by atoms with E-state index in [2.05, 4.69) is 15.0 Å². The highest BCUT2D eigenvalue weighted by atomic mass is 16.3. The number of aliphatic hydroxyl groups excluding tert-OH is 1. The van der Waals surface area contributed by atoms with E-state index in [1.54, 1.807) is 10.9 Å². The van der Waals surface area contributed by atoms with Gasteiger partial charge >= 0.3 is 0 Å². The highest BCUT2D eigenvalue weighted by Crippen LogP contribution is 2.35. The second-order valence-electron chi connectivity index (χ2n) is 4.97. The Morgan fingerprint density at radius 2 is 2.15 bits per heavy atom. The molecule has 0 saturated heterocycles. The summed E-state index contributed by atoms with van der Waals surface area (Å²) in [6.45, 7) is 0. The van der Waals surface area contributed by atoms with Gasteiger partial charge in [0.1, 0.15) is 0 Å². The third-order valence-corrected chi connectivity index (χ3v) is 3.83. The Bertz CT molecular complexity index is 852. The lowest BCUT2D eigenvalue weighted by Gasteiger charge is -2.17. The van der Waals surface area contributed by atoms with E-state index in [1.165, 1.54) is 6.33 Å². The zero-order valence-corrected chi connectivity index (χ0v) is 10.5. The fourth-order valence-electron chi connectivity index (χ4n) is 2.95. The second kappa shape index (κ2) is 4.01. The Balaban J connectivity index is 1.96. The van der Waals surface area contributed by atoms with Gasteiger partial charge in [-0.15, -0.1) is 0 Å². The predicted octanol–water partition coefficient (Wildman–Crippen LogP) is 0.626. The molecule has 1 aliphatic carbocycles. The van der Waals surface area contributed by atoms with Crippen LogP contribution in [-0.2, 0) is 6.42 Å². The van der Waals surface area contributed by atoms with Gasteiger partial charge in [0, 0.05) is 6.42 Å². The molecule has 0 unspecified atom stereocenters. The average molecular weight is 268 g/mol. The standard InChI is InChI=1S/C14H12N4O2/c19-10-5-8-3-1-2-4-9(8)12(10)18-7-17-11-13(18)15-6-16-14(11)20/h1-4,6-7,10,12,19H,5H2,(H,15,16,20)/t10-,12+/m1/s1. The molecular formula is C14H12N4O2. The van der Waals surface area contributed by atoms with Gasteiger partial charge < -0.3 is 14.7 Å². The molecule has 6 heteroatoms.